The van der Waals surface area contributed by atoms with Gasteiger partial charge in [-0.2, -0.15) is 4.91 Å². The summed E-state index contributed by atoms with van der Waals surface area (Å²) in [5, 5.41) is 4.73. The number of carbonyl (C=O) groups excluding carboxylic acids is 1. The van der Waals surface area contributed by atoms with Gasteiger partial charge in [0, 0.05) is 6.42 Å². The number of azide groups is 1. The number of nitrogens with zero attached hydrogens (tertiary/aromatic N) is 4. The van der Waals surface area contributed by atoms with Gasteiger partial charge in [0.05, 0.1) is 6.54 Å². The Kier molecular flexibility index (Phi) is 2.18. The van der Waals surface area contributed by atoms with Gasteiger partial charge in [-0.05, 0) is 11.6 Å². The Balaban J connectivity index is 2.64. The van der Waals surface area contributed by atoms with Gasteiger partial charge < -0.3 is 5.73 Å². The van der Waals surface area contributed by atoms with Crippen LogP contribution in [0, 0.1) is 0 Å². The first-order valence-electron chi connectivity index (χ1n) is 3.36. The number of hydrogen-bond acceptors (Lipinski definition) is 2. The van der Waals surface area contributed by atoms with Crippen molar-refractivity contribution in [2.75, 3.05) is 6.54 Å². The molecule has 1 unspecified atom stereocenters. The summed E-state index contributed by atoms with van der Waals surface area (Å²) in [7, 11) is 0. The van der Waals surface area contributed by atoms with E-state index in [4.69, 9.17) is 11.3 Å². The van der Waals surface area contributed by atoms with Gasteiger partial charge in [-0.1, -0.05) is 0 Å². The fourth-order valence-electron chi connectivity index (χ4n) is 1.20. The van der Waals surface area contributed by atoms with Gasteiger partial charge in [-0.3, -0.25) is 4.79 Å². The van der Waals surface area contributed by atoms with E-state index < -0.39 is 11.9 Å². The molecule has 1 atom stereocenters. The van der Waals surface area contributed by atoms with Crippen LogP contribution in [0.2, 0.25) is 0 Å². The third kappa shape index (κ3) is 1.53. The zero-order valence-electron chi connectivity index (χ0n) is 5.97. The predicted octanol–water partition coefficient (Wildman–Crippen LogP) is 0.161. The average molecular weight is 155 g/mol. The van der Waals surface area contributed by atoms with Crippen molar-refractivity contribution in [1.82, 2.24) is 5.01 Å². The molecule has 1 rings (SSSR count). The second-order valence-corrected chi connectivity index (χ2v) is 2.40. The third-order valence-corrected chi connectivity index (χ3v) is 1.71. The van der Waals surface area contributed by atoms with E-state index in [0.29, 0.717) is 13.0 Å². The number of carbonyl (C=O) groups is 1. The first-order valence-corrected chi connectivity index (χ1v) is 3.36. The summed E-state index contributed by atoms with van der Waals surface area (Å²) in [6, 6.07) is -0.397. The van der Waals surface area contributed by atoms with Crippen LogP contribution < -0.4 is 5.73 Å². The normalized spacial score (nSPS) is 22.9. The molecule has 0 bridgehead atoms. The van der Waals surface area contributed by atoms with Crippen LogP contribution in [0.1, 0.15) is 12.8 Å². The number of nitrogens with two attached hydrogens (primary N) is 1. The molecule has 0 aliphatic carbocycles. The maximum absolute atomic E-state index is 10.7. The van der Waals surface area contributed by atoms with Crippen LogP contribution in [-0.2, 0) is 4.79 Å². The van der Waals surface area contributed by atoms with Crippen molar-refractivity contribution in [2.24, 2.45) is 11.0 Å². The second-order valence-electron chi connectivity index (χ2n) is 2.40. The number of primary amides is 1. The maximum atomic E-state index is 10.7. The molecule has 11 heavy (non-hydrogen) atoms. The Morgan fingerprint density at radius 1 is 1.82 bits per heavy atom. The van der Waals surface area contributed by atoms with Gasteiger partial charge in [0.2, 0.25) is 0 Å². The fourth-order valence-corrected chi connectivity index (χ4v) is 1.20. The molecule has 0 radical (unpaired) electrons. The van der Waals surface area contributed by atoms with Crippen molar-refractivity contribution in [3.05, 3.63) is 10.4 Å². The smallest absolute Gasteiger partial charge is 0.262 e. The lowest BCUT2D eigenvalue weighted by Crippen LogP contribution is -2.36. The van der Waals surface area contributed by atoms with Crippen molar-refractivity contribution in [3.8, 4) is 0 Å². The quantitative estimate of drug-likeness (QED) is 0.349. The minimum absolute atomic E-state index is 0.397. The van der Waals surface area contributed by atoms with Crippen LogP contribution in [0.3, 0.4) is 0 Å². The van der Waals surface area contributed by atoms with E-state index in [-0.39, 0.29) is 0 Å². The lowest BCUT2D eigenvalue weighted by atomic mass is 10.2. The largest absolute Gasteiger partial charge is 0.366 e. The third-order valence-electron chi connectivity index (χ3n) is 1.71. The van der Waals surface area contributed by atoms with Crippen molar-refractivity contribution in [3.63, 3.8) is 0 Å². The Morgan fingerprint density at radius 3 is 3.09 bits per heavy atom. The van der Waals surface area contributed by atoms with Crippen molar-refractivity contribution in [2.45, 2.75) is 18.9 Å². The number of amides is 1. The van der Waals surface area contributed by atoms with E-state index in [0.717, 1.165) is 6.42 Å². The molecule has 1 aliphatic heterocycles. The molecule has 60 valence electrons. The predicted molar refractivity (Wildman–Crippen MR) is 38.1 cm³/mol. The lowest BCUT2D eigenvalue weighted by molar-refractivity contribution is -0.122. The van der Waals surface area contributed by atoms with Crippen LogP contribution in [0.5, 0.6) is 0 Å². The summed E-state index contributed by atoms with van der Waals surface area (Å²) in [5.74, 6) is -0.421. The van der Waals surface area contributed by atoms with Crippen molar-refractivity contribution in [1.29, 1.82) is 0 Å². The molecule has 1 heterocycles. The van der Waals surface area contributed by atoms with Gasteiger partial charge in [0.25, 0.3) is 5.91 Å². The van der Waals surface area contributed by atoms with Crippen molar-refractivity contribution < 1.29 is 4.79 Å². The minimum atomic E-state index is -0.421. The van der Waals surface area contributed by atoms with Crippen LogP contribution in [-0.4, -0.2) is 23.5 Å². The summed E-state index contributed by atoms with van der Waals surface area (Å²) < 4.78 is 0. The van der Waals surface area contributed by atoms with Crippen LogP contribution in [0.25, 0.3) is 10.4 Å². The van der Waals surface area contributed by atoms with Gasteiger partial charge in [-0.15, -0.1) is 5.53 Å². The highest BCUT2D eigenvalue weighted by Crippen LogP contribution is 2.16. The molecular weight excluding hydrogens is 146 g/mol. The molecule has 0 aromatic heterocycles. The van der Waals surface area contributed by atoms with E-state index in [1.165, 1.54) is 5.01 Å². The van der Waals surface area contributed by atoms with Gasteiger partial charge in [-0.25, -0.2) is 5.01 Å². The minimum Gasteiger partial charge on any atom is -0.366 e. The van der Waals surface area contributed by atoms with E-state index in [9.17, 15) is 4.79 Å². The molecule has 0 spiro atoms. The molecule has 0 aromatic rings. The standard InChI is InChI=1S/C5H9N5O/c6-5(11)4-2-1-3-10(4)9-8-7/h4H,1-3H2,(H2,6,11). The zero-order chi connectivity index (χ0) is 8.27. The summed E-state index contributed by atoms with van der Waals surface area (Å²) >= 11 is 0. The maximum Gasteiger partial charge on any atom is 0.262 e. The Labute approximate surface area is 63.6 Å². The molecule has 1 fully saturated rings. The van der Waals surface area contributed by atoms with Crippen LogP contribution >= 0.6 is 0 Å². The van der Waals surface area contributed by atoms with E-state index in [1.807, 2.05) is 0 Å². The summed E-state index contributed by atoms with van der Waals surface area (Å²) in [6.45, 7) is 0.623. The number of hydrogen-bond donors (Lipinski definition) is 1. The molecule has 1 saturated heterocycles. The topological polar surface area (TPSA) is 95.1 Å². The zero-order valence-corrected chi connectivity index (χ0v) is 5.97. The molecule has 6 nitrogen and oxygen atoms in total. The van der Waals surface area contributed by atoms with Crippen LogP contribution in [0.4, 0.5) is 0 Å². The fraction of sp³-hybridized carbons (Fsp3) is 0.800. The SMILES string of the molecule is [N-]=[N+]=NN1CCCC1C(N)=O. The van der Waals surface area contributed by atoms with Gasteiger partial charge >= 0.3 is 0 Å². The Morgan fingerprint density at radius 2 is 2.55 bits per heavy atom. The summed E-state index contributed by atoms with van der Waals surface area (Å²) in [6.07, 6.45) is 1.54. The summed E-state index contributed by atoms with van der Waals surface area (Å²) in [5.41, 5.74) is 13.1. The first kappa shape index (κ1) is 7.68. The molecular formula is C5H9N5O. The molecule has 1 aliphatic rings. The average Bonchev–Trinajstić information content (AvgIpc) is 2.36. The Hall–Kier alpha value is -1.42. The number of rotatable bonds is 2. The highest BCUT2D eigenvalue weighted by molar-refractivity contribution is 5.80. The molecule has 0 saturated carbocycles. The first-order chi connectivity index (χ1) is 5.25. The summed E-state index contributed by atoms with van der Waals surface area (Å²) in [4.78, 5) is 13.3. The molecule has 0 aromatic carbocycles. The monoisotopic (exact) mass is 155 g/mol. The van der Waals surface area contributed by atoms with Gasteiger partial charge in [0.15, 0.2) is 6.04 Å². The highest BCUT2D eigenvalue weighted by Gasteiger charge is 2.31. The Bertz CT molecular complexity index is 201. The van der Waals surface area contributed by atoms with Gasteiger partial charge in [0.1, 0.15) is 0 Å². The molecule has 6 heteroatoms. The lowest BCUT2D eigenvalue weighted by Gasteiger charge is -2.11. The van der Waals surface area contributed by atoms with Crippen molar-refractivity contribution >= 4 is 5.91 Å². The highest BCUT2D eigenvalue weighted by atomic mass is 16.1. The van der Waals surface area contributed by atoms with E-state index in [2.05, 4.69) is 10.1 Å². The van der Waals surface area contributed by atoms with Crippen LogP contribution in [0.15, 0.2) is 5.22 Å². The van der Waals surface area contributed by atoms with E-state index in [1.54, 1.807) is 0 Å². The molecule has 2 N–H and O–H groups in total. The van der Waals surface area contributed by atoms with E-state index >= 15 is 0 Å². The second kappa shape index (κ2) is 3.12. The molecule has 1 amide bonds.